The topological polar surface area (TPSA) is 9.23 Å². The molecule has 0 fully saturated rings. The molecule has 0 spiro atoms. The van der Waals surface area contributed by atoms with Crippen LogP contribution in [0.15, 0.2) is 24.3 Å². The normalized spacial score (nSPS) is 11.0. The van der Waals surface area contributed by atoms with Crippen LogP contribution in [-0.2, 0) is 4.74 Å². The molecule has 0 heterocycles. The van der Waals surface area contributed by atoms with Gasteiger partial charge < -0.3 is 4.74 Å². The van der Waals surface area contributed by atoms with E-state index in [4.69, 9.17) is 4.74 Å². The van der Waals surface area contributed by atoms with Gasteiger partial charge in [-0.25, -0.2) is 0 Å². The van der Waals surface area contributed by atoms with E-state index in [0.717, 1.165) is 26.1 Å². The Morgan fingerprint density at radius 1 is 1.21 bits per heavy atom. The van der Waals surface area contributed by atoms with Crippen LogP contribution in [0, 0.1) is 0 Å². The van der Waals surface area contributed by atoms with E-state index < -0.39 is 0 Å². The molecule has 0 aliphatic heterocycles. The zero-order chi connectivity index (χ0) is 10.6. The van der Waals surface area contributed by atoms with E-state index in [-0.39, 0.29) is 0 Å². The van der Waals surface area contributed by atoms with E-state index in [0.29, 0.717) is 0 Å². The Morgan fingerprint density at radius 2 is 2.00 bits per heavy atom. The predicted molar refractivity (Wildman–Crippen MR) is 63.5 cm³/mol. The molecule has 1 heteroatoms. The third-order valence-corrected chi connectivity index (χ3v) is 2.18. The van der Waals surface area contributed by atoms with Gasteiger partial charge in [0.1, 0.15) is 0 Å². The first-order chi connectivity index (χ1) is 6.81. The average Bonchev–Trinajstić information content (AvgIpc) is 2.21. The van der Waals surface area contributed by atoms with Gasteiger partial charge in [-0.1, -0.05) is 51.0 Å². The fourth-order valence-corrected chi connectivity index (χ4v) is 1.07. The second kappa shape index (κ2) is 10.5. The summed E-state index contributed by atoms with van der Waals surface area (Å²) in [5.74, 6) is 0. The van der Waals surface area contributed by atoms with Gasteiger partial charge in [-0.2, -0.15) is 0 Å². The van der Waals surface area contributed by atoms with Crippen molar-refractivity contribution in [3.05, 3.63) is 24.3 Å². The standard InChI is InChI=1S/C13H24O/c1-4-6-8-11-14-12-9-7-10-13(3)5-2/h7,9H,3-6,8,10-12H2,1-2H3/b9-7+. The summed E-state index contributed by atoms with van der Waals surface area (Å²) >= 11 is 0. The van der Waals surface area contributed by atoms with E-state index in [2.05, 4.69) is 32.6 Å². The number of hydrogen-bond acceptors (Lipinski definition) is 1. The maximum Gasteiger partial charge on any atom is 0.0647 e. The van der Waals surface area contributed by atoms with Gasteiger partial charge in [-0.15, -0.1) is 0 Å². The van der Waals surface area contributed by atoms with Crippen LogP contribution < -0.4 is 0 Å². The van der Waals surface area contributed by atoms with E-state index in [1.54, 1.807) is 0 Å². The zero-order valence-electron chi connectivity index (χ0n) is 9.72. The Hall–Kier alpha value is -0.560. The van der Waals surface area contributed by atoms with Crippen LogP contribution in [0.4, 0.5) is 0 Å². The molecule has 0 radical (unpaired) electrons. The first-order valence-corrected chi connectivity index (χ1v) is 5.70. The van der Waals surface area contributed by atoms with Crippen molar-refractivity contribution >= 4 is 0 Å². The van der Waals surface area contributed by atoms with Gasteiger partial charge in [0, 0.05) is 6.61 Å². The smallest absolute Gasteiger partial charge is 0.0647 e. The molecule has 0 bridgehead atoms. The Bertz CT molecular complexity index is 159. The maximum atomic E-state index is 5.43. The minimum Gasteiger partial charge on any atom is -0.377 e. The molecule has 0 aromatic rings. The molecule has 0 aliphatic rings. The predicted octanol–water partition coefficient (Wildman–Crippen LogP) is 4.11. The molecule has 0 saturated heterocycles. The molecule has 0 amide bonds. The van der Waals surface area contributed by atoms with Crippen molar-refractivity contribution in [2.45, 2.75) is 46.0 Å². The minimum absolute atomic E-state index is 0.751. The van der Waals surface area contributed by atoms with Crippen LogP contribution in [0.2, 0.25) is 0 Å². The van der Waals surface area contributed by atoms with Crippen molar-refractivity contribution in [2.75, 3.05) is 13.2 Å². The fourth-order valence-electron chi connectivity index (χ4n) is 1.07. The van der Waals surface area contributed by atoms with Crippen molar-refractivity contribution in [1.82, 2.24) is 0 Å². The Balaban J connectivity index is 3.15. The van der Waals surface area contributed by atoms with Crippen LogP contribution in [0.1, 0.15) is 46.0 Å². The molecular weight excluding hydrogens is 172 g/mol. The van der Waals surface area contributed by atoms with Crippen molar-refractivity contribution in [2.24, 2.45) is 0 Å². The number of unbranched alkanes of at least 4 members (excludes halogenated alkanes) is 2. The van der Waals surface area contributed by atoms with E-state index in [1.807, 2.05) is 0 Å². The molecular formula is C13H24O. The third-order valence-electron chi connectivity index (χ3n) is 2.18. The maximum absolute atomic E-state index is 5.43. The minimum atomic E-state index is 0.751. The van der Waals surface area contributed by atoms with E-state index in [9.17, 15) is 0 Å². The van der Waals surface area contributed by atoms with Crippen molar-refractivity contribution in [1.29, 1.82) is 0 Å². The van der Waals surface area contributed by atoms with Crippen LogP contribution in [-0.4, -0.2) is 13.2 Å². The molecule has 0 unspecified atom stereocenters. The first-order valence-electron chi connectivity index (χ1n) is 5.70. The lowest BCUT2D eigenvalue weighted by atomic mass is 10.1. The molecule has 0 N–H and O–H groups in total. The molecule has 0 atom stereocenters. The van der Waals surface area contributed by atoms with Crippen LogP contribution in [0.5, 0.6) is 0 Å². The molecule has 0 aromatic heterocycles. The van der Waals surface area contributed by atoms with Gasteiger partial charge in [-0.3, -0.25) is 0 Å². The summed E-state index contributed by atoms with van der Waals surface area (Å²) in [5, 5.41) is 0. The van der Waals surface area contributed by atoms with Crippen molar-refractivity contribution in [3.63, 3.8) is 0 Å². The SMILES string of the molecule is C=C(CC)C/C=C/COCCCCC. The summed E-state index contributed by atoms with van der Waals surface area (Å²) in [6, 6.07) is 0. The van der Waals surface area contributed by atoms with E-state index in [1.165, 1.54) is 24.8 Å². The second-order valence-corrected chi connectivity index (χ2v) is 3.56. The summed E-state index contributed by atoms with van der Waals surface area (Å²) in [5.41, 5.74) is 1.28. The van der Waals surface area contributed by atoms with Crippen LogP contribution in [0.3, 0.4) is 0 Å². The quantitative estimate of drug-likeness (QED) is 0.398. The lowest BCUT2D eigenvalue weighted by Crippen LogP contribution is -1.93. The lowest BCUT2D eigenvalue weighted by Gasteiger charge is -1.99. The van der Waals surface area contributed by atoms with Gasteiger partial charge in [0.15, 0.2) is 0 Å². The Kier molecular flexibility index (Phi) is 10.1. The molecule has 0 aromatic carbocycles. The highest BCUT2D eigenvalue weighted by molar-refractivity contribution is 5.01. The average molecular weight is 196 g/mol. The monoisotopic (exact) mass is 196 g/mol. The zero-order valence-corrected chi connectivity index (χ0v) is 9.72. The van der Waals surface area contributed by atoms with Crippen molar-refractivity contribution in [3.8, 4) is 0 Å². The number of rotatable bonds is 9. The number of ether oxygens (including phenoxy) is 1. The highest BCUT2D eigenvalue weighted by Gasteiger charge is 1.86. The summed E-state index contributed by atoms with van der Waals surface area (Å²) in [6.07, 6.45) is 10.0. The largest absolute Gasteiger partial charge is 0.377 e. The summed E-state index contributed by atoms with van der Waals surface area (Å²) in [4.78, 5) is 0. The summed E-state index contributed by atoms with van der Waals surface area (Å²) in [6.45, 7) is 9.93. The Morgan fingerprint density at radius 3 is 2.64 bits per heavy atom. The highest BCUT2D eigenvalue weighted by Crippen LogP contribution is 2.03. The van der Waals surface area contributed by atoms with Crippen LogP contribution in [0.25, 0.3) is 0 Å². The van der Waals surface area contributed by atoms with Gasteiger partial charge in [0.2, 0.25) is 0 Å². The molecule has 14 heavy (non-hydrogen) atoms. The van der Waals surface area contributed by atoms with Gasteiger partial charge >= 0.3 is 0 Å². The fraction of sp³-hybridized carbons (Fsp3) is 0.692. The molecule has 0 saturated carbocycles. The summed E-state index contributed by atoms with van der Waals surface area (Å²) < 4.78 is 5.43. The van der Waals surface area contributed by atoms with Crippen LogP contribution >= 0.6 is 0 Å². The molecule has 0 rings (SSSR count). The Labute approximate surface area is 88.9 Å². The molecule has 0 aliphatic carbocycles. The number of hydrogen-bond donors (Lipinski definition) is 0. The lowest BCUT2D eigenvalue weighted by molar-refractivity contribution is 0.157. The van der Waals surface area contributed by atoms with Gasteiger partial charge in [-0.05, 0) is 19.3 Å². The highest BCUT2D eigenvalue weighted by atomic mass is 16.5. The van der Waals surface area contributed by atoms with Crippen molar-refractivity contribution < 1.29 is 4.74 Å². The summed E-state index contributed by atoms with van der Waals surface area (Å²) in [7, 11) is 0. The third kappa shape index (κ3) is 9.53. The van der Waals surface area contributed by atoms with Gasteiger partial charge in [0.05, 0.1) is 6.61 Å². The molecule has 82 valence electrons. The van der Waals surface area contributed by atoms with E-state index >= 15 is 0 Å². The molecule has 1 nitrogen and oxygen atoms in total. The number of allylic oxidation sites excluding steroid dienone is 2. The second-order valence-electron chi connectivity index (χ2n) is 3.56. The first kappa shape index (κ1) is 13.4. The van der Waals surface area contributed by atoms with Gasteiger partial charge in [0.25, 0.3) is 0 Å².